The zero-order valence-corrected chi connectivity index (χ0v) is 20.5. The molecule has 5 nitrogen and oxygen atoms in total. The largest absolute Gasteiger partial charge is 0.393 e. The Labute approximate surface area is 202 Å². The molecule has 3 aromatic rings. The highest BCUT2D eigenvalue weighted by Crippen LogP contribution is 2.26. The highest BCUT2D eigenvalue weighted by Gasteiger charge is 2.15. The number of aromatic nitrogens is 1. The average molecular weight is 519 g/mol. The Bertz CT molecular complexity index is 1040. The number of H-pyrrole nitrogens is 1. The van der Waals surface area contributed by atoms with Crippen LogP contribution in [0, 0.1) is 6.92 Å². The van der Waals surface area contributed by atoms with Crippen molar-refractivity contribution in [3.8, 4) is 0 Å². The van der Waals surface area contributed by atoms with Gasteiger partial charge in [0.05, 0.1) is 6.10 Å². The number of likely N-dealkylation sites (tertiary alicyclic amines) is 1. The Balaban J connectivity index is 0.000000207. The summed E-state index contributed by atoms with van der Waals surface area (Å²) in [5.74, 6) is 0. The molecule has 7 heteroatoms. The Hall–Kier alpha value is -2.12. The summed E-state index contributed by atoms with van der Waals surface area (Å²) in [5.41, 5.74) is 4.67. The number of carbonyl (C=O) groups excluding carboxylic acids is 1. The molecule has 3 N–H and O–H groups in total. The summed E-state index contributed by atoms with van der Waals surface area (Å²) in [6, 6.07) is 14.1. The Morgan fingerprint density at radius 2 is 1.91 bits per heavy atom. The van der Waals surface area contributed by atoms with Crippen molar-refractivity contribution in [2.45, 2.75) is 25.9 Å². The van der Waals surface area contributed by atoms with Crippen molar-refractivity contribution in [2.24, 2.45) is 0 Å². The van der Waals surface area contributed by atoms with Crippen LogP contribution >= 0.6 is 27.5 Å². The second-order valence-electron chi connectivity index (χ2n) is 7.88. The summed E-state index contributed by atoms with van der Waals surface area (Å²) in [6.07, 6.45) is 6.52. The fourth-order valence-corrected chi connectivity index (χ4v) is 4.16. The third kappa shape index (κ3) is 7.20. The fourth-order valence-electron chi connectivity index (χ4n) is 3.68. The lowest BCUT2D eigenvalue weighted by molar-refractivity contribution is -0.109. The van der Waals surface area contributed by atoms with Crippen molar-refractivity contribution in [1.29, 1.82) is 0 Å². The normalized spacial score (nSPS) is 15.0. The van der Waals surface area contributed by atoms with Gasteiger partial charge in [-0.25, -0.2) is 0 Å². The number of piperidine rings is 1. The minimum Gasteiger partial charge on any atom is -0.393 e. The van der Waals surface area contributed by atoms with Crippen LogP contribution in [0.1, 0.15) is 29.7 Å². The lowest BCUT2D eigenvalue weighted by Gasteiger charge is -2.29. The first-order chi connectivity index (χ1) is 15.5. The number of halogens is 2. The van der Waals surface area contributed by atoms with Gasteiger partial charge in [-0.05, 0) is 61.2 Å². The number of nitrogens with zero attached hydrogens (tertiary/aromatic N) is 1. The summed E-state index contributed by atoms with van der Waals surface area (Å²) in [7, 11) is 0. The second kappa shape index (κ2) is 12.2. The predicted molar refractivity (Wildman–Crippen MR) is 137 cm³/mol. The molecule has 1 aliphatic heterocycles. The Morgan fingerprint density at radius 3 is 2.59 bits per heavy atom. The van der Waals surface area contributed by atoms with Crippen LogP contribution in [0.5, 0.6) is 0 Å². The molecule has 0 aliphatic carbocycles. The van der Waals surface area contributed by atoms with E-state index in [9.17, 15) is 9.90 Å². The molecular weight excluding hydrogens is 490 g/mol. The standard InChI is InChI=1S/C17H13BrClN.C8H16N2O2/c1-11-15-8-5-13(18)10-17(15)20-16(11)9-4-12-2-6-14(19)7-3-12;11-7-9-3-6-10-4-1-8(12)2-5-10/h2-10,20H,1H3;7-8,12H,1-6H2,(H,9,11)/b9-4+;. The quantitative estimate of drug-likeness (QED) is 0.308. The summed E-state index contributed by atoms with van der Waals surface area (Å²) >= 11 is 9.39. The van der Waals surface area contributed by atoms with Crippen LogP contribution in [0.2, 0.25) is 5.02 Å². The molecule has 1 aliphatic rings. The fraction of sp³-hybridized carbons (Fsp3) is 0.320. The van der Waals surface area contributed by atoms with E-state index in [1.165, 1.54) is 10.9 Å². The third-order valence-corrected chi connectivity index (χ3v) is 6.33. The number of rotatable bonds is 6. The number of aliphatic hydroxyl groups is 1. The van der Waals surface area contributed by atoms with Crippen LogP contribution in [0.15, 0.2) is 46.9 Å². The van der Waals surface area contributed by atoms with Gasteiger partial charge in [-0.3, -0.25) is 4.79 Å². The highest BCUT2D eigenvalue weighted by atomic mass is 79.9. The number of amides is 1. The maximum Gasteiger partial charge on any atom is 0.207 e. The number of fused-ring (bicyclic) bond motifs is 1. The van der Waals surface area contributed by atoms with Crippen LogP contribution in [0.25, 0.3) is 23.1 Å². The van der Waals surface area contributed by atoms with E-state index in [1.807, 2.05) is 24.3 Å². The molecule has 0 spiro atoms. The number of hydrogen-bond acceptors (Lipinski definition) is 3. The molecule has 4 rings (SSSR count). The molecular formula is C25H29BrClN3O2. The van der Waals surface area contributed by atoms with E-state index in [0.717, 1.165) is 65.2 Å². The minimum atomic E-state index is -0.111. The molecule has 1 fully saturated rings. The van der Waals surface area contributed by atoms with Crippen molar-refractivity contribution in [2.75, 3.05) is 26.2 Å². The van der Waals surface area contributed by atoms with Crippen molar-refractivity contribution >= 4 is 57.0 Å². The summed E-state index contributed by atoms with van der Waals surface area (Å²) in [6.45, 7) is 5.63. The molecule has 0 bridgehead atoms. The van der Waals surface area contributed by atoms with Gasteiger partial charge < -0.3 is 20.3 Å². The minimum absolute atomic E-state index is 0.111. The number of carbonyl (C=O) groups is 1. The van der Waals surface area contributed by atoms with Gasteiger partial charge in [0.25, 0.3) is 0 Å². The molecule has 1 aromatic heterocycles. The molecule has 1 amide bonds. The summed E-state index contributed by atoms with van der Waals surface area (Å²) in [4.78, 5) is 15.6. The molecule has 2 aromatic carbocycles. The maximum absolute atomic E-state index is 9.93. The molecule has 32 heavy (non-hydrogen) atoms. The van der Waals surface area contributed by atoms with Gasteiger partial charge in [0.2, 0.25) is 6.41 Å². The van der Waals surface area contributed by atoms with Gasteiger partial charge in [-0.1, -0.05) is 51.8 Å². The van der Waals surface area contributed by atoms with E-state index in [1.54, 1.807) is 0 Å². The molecule has 0 saturated carbocycles. The van der Waals surface area contributed by atoms with Gasteiger partial charge in [-0.15, -0.1) is 0 Å². The van der Waals surface area contributed by atoms with Crippen LogP contribution in [-0.4, -0.2) is 53.7 Å². The lowest BCUT2D eigenvalue weighted by Crippen LogP contribution is -2.39. The number of hydrogen-bond donors (Lipinski definition) is 3. The van der Waals surface area contributed by atoms with E-state index < -0.39 is 0 Å². The molecule has 1 saturated heterocycles. The average Bonchev–Trinajstić information content (AvgIpc) is 3.10. The van der Waals surface area contributed by atoms with Crippen molar-refractivity contribution < 1.29 is 9.90 Å². The first-order valence-electron chi connectivity index (χ1n) is 10.7. The van der Waals surface area contributed by atoms with Crippen molar-refractivity contribution in [3.63, 3.8) is 0 Å². The van der Waals surface area contributed by atoms with Crippen molar-refractivity contribution in [3.05, 3.63) is 68.8 Å². The molecule has 2 heterocycles. The van der Waals surface area contributed by atoms with Gasteiger partial charge in [0, 0.05) is 52.3 Å². The Morgan fingerprint density at radius 1 is 1.19 bits per heavy atom. The van der Waals surface area contributed by atoms with Crippen LogP contribution in [-0.2, 0) is 4.79 Å². The van der Waals surface area contributed by atoms with Gasteiger partial charge >= 0.3 is 0 Å². The SMILES string of the molecule is Cc1c(/C=C/c2ccc(Cl)cc2)[nH]c2cc(Br)ccc12.O=CNCCN1CCC(O)CC1. The first kappa shape index (κ1) is 24.5. The molecule has 170 valence electrons. The number of aromatic amines is 1. The third-order valence-electron chi connectivity index (χ3n) is 5.58. The number of nitrogens with one attached hydrogen (secondary N) is 2. The zero-order valence-electron chi connectivity index (χ0n) is 18.2. The van der Waals surface area contributed by atoms with Gasteiger partial charge in [-0.2, -0.15) is 0 Å². The second-order valence-corrected chi connectivity index (χ2v) is 9.24. The van der Waals surface area contributed by atoms with E-state index in [2.05, 4.69) is 68.4 Å². The number of benzene rings is 2. The smallest absolute Gasteiger partial charge is 0.207 e. The molecule has 0 atom stereocenters. The monoisotopic (exact) mass is 517 g/mol. The summed E-state index contributed by atoms with van der Waals surface area (Å²) < 4.78 is 1.08. The number of aryl methyl sites for hydroxylation is 1. The van der Waals surface area contributed by atoms with Crippen LogP contribution in [0.3, 0.4) is 0 Å². The van der Waals surface area contributed by atoms with E-state index in [4.69, 9.17) is 11.6 Å². The molecule has 0 unspecified atom stereocenters. The van der Waals surface area contributed by atoms with Crippen molar-refractivity contribution in [1.82, 2.24) is 15.2 Å². The maximum atomic E-state index is 9.93. The highest BCUT2D eigenvalue weighted by molar-refractivity contribution is 9.10. The first-order valence-corrected chi connectivity index (χ1v) is 11.9. The predicted octanol–water partition coefficient (Wildman–Crippen LogP) is 5.25. The number of aliphatic hydroxyl groups excluding tert-OH is 1. The summed E-state index contributed by atoms with van der Waals surface area (Å²) in [5, 5.41) is 13.8. The van der Waals surface area contributed by atoms with Crippen LogP contribution in [0.4, 0.5) is 0 Å². The van der Waals surface area contributed by atoms with E-state index in [-0.39, 0.29) is 6.10 Å². The van der Waals surface area contributed by atoms with E-state index >= 15 is 0 Å². The van der Waals surface area contributed by atoms with Gasteiger partial charge in [0.15, 0.2) is 0 Å². The van der Waals surface area contributed by atoms with Crippen LogP contribution < -0.4 is 5.32 Å². The lowest BCUT2D eigenvalue weighted by atomic mass is 10.1. The molecule has 0 radical (unpaired) electrons. The van der Waals surface area contributed by atoms with Gasteiger partial charge in [0.1, 0.15) is 0 Å². The zero-order chi connectivity index (χ0) is 22.9. The Kier molecular flexibility index (Phi) is 9.36. The topological polar surface area (TPSA) is 68.4 Å². The van der Waals surface area contributed by atoms with E-state index in [0.29, 0.717) is 6.54 Å².